The molecule has 2 heterocycles. The number of hydrogen-bond donors (Lipinski definition) is 0. The van der Waals surface area contributed by atoms with E-state index in [9.17, 15) is 0 Å². The predicted octanol–water partition coefficient (Wildman–Crippen LogP) is 5.56. The molecule has 2 aromatic heterocycles. The Bertz CT molecular complexity index is 924. The summed E-state index contributed by atoms with van der Waals surface area (Å²) < 4.78 is 8.59. The summed E-state index contributed by atoms with van der Waals surface area (Å²) in [5, 5.41) is 4.18. The van der Waals surface area contributed by atoms with Crippen molar-refractivity contribution in [3.63, 3.8) is 0 Å². The molecule has 0 radical (unpaired) electrons. The third-order valence-corrected chi connectivity index (χ3v) is 4.18. The molecule has 0 amide bonds. The Morgan fingerprint density at radius 3 is 2.35 bits per heavy atom. The highest BCUT2D eigenvalue weighted by Gasteiger charge is 2.09. The fraction of sp³-hybridized carbons (Fsp3) is 0. The Labute approximate surface area is 142 Å². The van der Waals surface area contributed by atoms with E-state index in [1.165, 1.54) is 0 Å². The molecule has 0 unspecified atom stereocenters. The summed E-state index contributed by atoms with van der Waals surface area (Å²) in [6.45, 7) is 0. The molecule has 0 bridgehead atoms. The van der Waals surface area contributed by atoms with Crippen LogP contribution in [0.3, 0.4) is 0 Å². The topological polar surface area (TPSA) is 31.0 Å². The number of hydrogen-bond acceptors (Lipinski definition) is 2. The average molecular weight is 365 g/mol. The Hall–Kier alpha value is -2.59. The molecule has 4 aromatic rings. The Kier molecular flexibility index (Phi) is 3.60. The number of benzene rings is 2. The van der Waals surface area contributed by atoms with Gasteiger partial charge in [0.1, 0.15) is 5.69 Å². The van der Waals surface area contributed by atoms with E-state index in [-0.39, 0.29) is 0 Å². The van der Waals surface area contributed by atoms with Gasteiger partial charge in [0.25, 0.3) is 0 Å². The molecular weight excluding hydrogens is 352 g/mol. The standard InChI is InChI=1S/C19H13BrN2O/c20-16-5-3-4-15(12-16)18-13-19(23-21-18)14-6-8-17(9-7-14)22-10-1-2-11-22/h1-13H. The predicted molar refractivity (Wildman–Crippen MR) is 94.4 cm³/mol. The lowest BCUT2D eigenvalue weighted by Gasteiger charge is -2.03. The van der Waals surface area contributed by atoms with Crippen molar-refractivity contribution in [2.75, 3.05) is 0 Å². The fourth-order valence-electron chi connectivity index (χ4n) is 2.50. The van der Waals surface area contributed by atoms with E-state index in [4.69, 9.17) is 4.52 Å². The van der Waals surface area contributed by atoms with Crippen molar-refractivity contribution >= 4 is 15.9 Å². The SMILES string of the molecule is Brc1cccc(-c2cc(-c3ccc(-n4cccc4)cc3)on2)c1. The van der Waals surface area contributed by atoms with Crippen LogP contribution in [0, 0.1) is 0 Å². The zero-order valence-corrected chi connectivity index (χ0v) is 13.8. The van der Waals surface area contributed by atoms with Gasteiger partial charge >= 0.3 is 0 Å². The van der Waals surface area contributed by atoms with Gasteiger partial charge in [0, 0.05) is 39.7 Å². The van der Waals surface area contributed by atoms with Gasteiger partial charge in [-0.3, -0.25) is 0 Å². The van der Waals surface area contributed by atoms with Crippen LogP contribution in [-0.4, -0.2) is 9.72 Å². The largest absolute Gasteiger partial charge is 0.356 e. The van der Waals surface area contributed by atoms with Crippen molar-refractivity contribution in [1.82, 2.24) is 9.72 Å². The summed E-state index contributed by atoms with van der Waals surface area (Å²) in [5.74, 6) is 0.763. The number of rotatable bonds is 3. The van der Waals surface area contributed by atoms with Crippen LogP contribution < -0.4 is 0 Å². The van der Waals surface area contributed by atoms with E-state index in [0.717, 1.165) is 32.7 Å². The van der Waals surface area contributed by atoms with E-state index < -0.39 is 0 Å². The van der Waals surface area contributed by atoms with Gasteiger partial charge in [-0.25, -0.2) is 0 Å². The summed E-state index contributed by atoms with van der Waals surface area (Å²) >= 11 is 3.48. The van der Waals surface area contributed by atoms with Gasteiger partial charge in [0.2, 0.25) is 0 Å². The molecule has 23 heavy (non-hydrogen) atoms. The van der Waals surface area contributed by atoms with Crippen LogP contribution in [0.15, 0.2) is 88.1 Å². The fourth-order valence-corrected chi connectivity index (χ4v) is 2.90. The maximum Gasteiger partial charge on any atom is 0.167 e. The quantitative estimate of drug-likeness (QED) is 0.476. The minimum atomic E-state index is 0.763. The van der Waals surface area contributed by atoms with Crippen molar-refractivity contribution in [1.29, 1.82) is 0 Å². The van der Waals surface area contributed by atoms with E-state index in [1.54, 1.807) is 0 Å². The lowest BCUT2D eigenvalue weighted by molar-refractivity contribution is 0.435. The number of aromatic nitrogens is 2. The highest BCUT2D eigenvalue weighted by molar-refractivity contribution is 9.10. The molecule has 0 aliphatic heterocycles. The van der Waals surface area contributed by atoms with Crippen LogP contribution in [0.25, 0.3) is 28.3 Å². The Balaban J connectivity index is 1.64. The van der Waals surface area contributed by atoms with E-state index in [0.29, 0.717) is 0 Å². The van der Waals surface area contributed by atoms with Crippen molar-refractivity contribution < 1.29 is 4.52 Å². The molecule has 0 atom stereocenters. The zero-order valence-electron chi connectivity index (χ0n) is 12.2. The highest BCUT2D eigenvalue weighted by atomic mass is 79.9. The van der Waals surface area contributed by atoms with Gasteiger partial charge in [-0.1, -0.05) is 33.2 Å². The molecule has 112 valence electrons. The molecule has 0 fully saturated rings. The second-order valence-corrected chi connectivity index (χ2v) is 6.14. The van der Waals surface area contributed by atoms with Gasteiger partial charge < -0.3 is 9.09 Å². The molecule has 4 heteroatoms. The smallest absolute Gasteiger partial charge is 0.167 e. The molecule has 0 aliphatic carbocycles. The first kappa shape index (κ1) is 14.0. The molecule has 2 aromatic carbocycles. The van der Waals surface area contributed by atoms with Crippen molar-refractivity contribution in [2.45, 2.75) is 0 Å². The molecular formula is C19H13BrN2O. The second kappa shape index (κ2) is 5.89. The van der Waals surface area contributed by atoms with Gasteiger partial charge in [0.15, 0.2) is 5.76 Å². The third kappa shape index (κ3) is 2.85. The Morgan fingerprint density at radius 2 is 1.61 bits per heavy atom. The minimum absolute atomic E-state index is 0.763. The van der Waals surface area contributed by atoms with E-state index >= 15 is 0 Å². The van der Waals surface area contributed by atoms with E-state index in [1.807, 2.05) is 67.0 Å². The van der Waals surface area contributed by atoms with Gasteiger partial charge in [-0.15, -0.1) is 0 Å². The van der Waals surface area contributed by atoms with Gasteiger partial charge in [-0.05, 0) is 48.5 Å². The molecule has 0 spiro atoms. The lowest BCUT2D eigenvalue weighted by atomic mass is 10.1. The van der Waals surface area contributed by atoms with Crippen molar-refractivity contribution in [3.8, 4) is 28.3 Å². The number of halogens is 1. The van der Waals surface area contributed by atoms with Crippen LogP contribution in [0.5, 0.6) is 0 Å². The molecule has 0 N–H and O–H groups in total. The van der Waals surface area contributed by atoms with Crippen LogP contribution in [0.4, 0.5) is 0 Å². The van der Waals surface area contributed by atoms with E-state index in [2.05, 4.69) is 37.8 Å². The summed E-state index contributed by atoms with van der Waals surface area (Å²) in [5.41, 5.74) is 3.98. The highest BCUT2D eigenvalue weighted by Crippen LogP contribution is 2.28. The summed E-state index contributed by atoms with van der Waals surface area (Å²) in [6.07, 6.45) is 4.05. The van der Waals surface area contributed by atoms with Crippen LogP contribution in [0.2, 0.25) is 0 Å². The first-order valence-electron chi connectivity index (χ1n) is 7.26. The first-order chi connectivity index (χ1) is 11.3. The van der Waals surface area contributed by atoms with Crippen molar-refractivity contribution in [2.24, 2.45) is 0 Å². The maximum absolute atomic E-state index is 5.50. The minimum Gasteiger partial charge on any atom is -0.356 e. The lowest BCUT2D eigenvalue weighted by Crippen LogP contribution is -1.88. The molecule has 0 saturated carbocycles. The van der Waals surface area contributed by atoms with Crippen molar-refractivity contribution in [3.05, 3.63) is 83.6 Å². The third-order valence-electron chi connectivity index (χ3n) is 3.68. The monoisotopic (exact) mass is 364 g/mol. The Morgan fingerprint density at radius 1 is 0.826 bits per heavy atom. The molecule has 0 saturated heterocycles. The first-order valence-corrected chi connectivity index (χ1v) is 8.05. The number of nitrogens with zero attached hydrogens (tertiary/aromatic N) is 2. The zero-order chi connectivity index (χ0) is 15.6. The summed E-state index contributed by atoms with van der Waals surface area (Å²) in [4.78, 5) is 0. The average Bonchev–Trinajstić information content (AvgIpc) is 3.27. The van der Waals surface area contributed by atoms with Crippen LogP contribution in [-0.2, 0) is 0 Å². The summed E-state index contributed by atoms with van der Waals surface area (Å²) in [6, 6.07) is 22.2. The normalized spacial score (nSPS) is 10.8. The molecule has 0 aliphatic rings. The maximum atomic E-state index is 5.50. The summed E-state index contributed by atoms with van der Waals surface area (Å²) in [7, 11) is 0. The van der Waals surface area contributed by atoms with Gasteiger partial charge in [-0.2, -0.15) is 0 Å². The van der Waals surface area contributed by atoms with Crippen LogP contribution >= 0.6 is 15.9 Å². The van der Waals surface area contributed by atoms with Crippen LogP contribution in [0.1, 0.15) is 0 Å². The second-order valence-electron chi connectivity index (χ2n) is 5.22. The van der Waals surface area contributed by atoms with Gasteiger partial charge in [0.05, 0.1) is 0 Å². The molecule has 4 rings (SSSR count). The molecule has 3 nitrogen and oxygen atoms in total.